The fourth-order valence-electron chi connectivity index (χ4n) is 2.14. The molecule has 0 unspecified atom stereocenters. The summed E-state index contributed by atoms with van der Waals surface area (Å²) in [7, 11) is -1.27. The zero-order valence-corrected chi connectivity index (χ0v) is 15.9. The Morgan fingerprint density at radius 3 is 1.93 bits per heavy atom. The Morgan fingerprint density at radius 1 is 0.929 bits per heavy atom. The Morgan fingerprint density at radius 2 is 1.43 bits per heavy atom. The first kappa shape index (κ1) is 20.8. The maximum atomic E-state index is 12.0. The van der Waals surface area contributed by atoms with Crippen LogP contribution in [0.4, 0.5) is 0 Å². The molecular formula is C19H19NO7S. The van der Waals surface area contributed by atoms with Gasteiger partial charge >= 0.3 is 0 Å². The molecule has 2 aromatic rings. The van der Waals surface area contributed by atoms with E-state index in [1.807, 2.05) is 4.72 Å². The number of aromatic hydroxyl groups is 2. The van der Waals surface area contributed by atoms with Crippen molar-refractivity contribution in [1.29, 1.82) is 0 Å². The van der Waals surface area contributed by atoms with Crippen LogP contribution in [0.2, 0.25) is 0 Å². The first-order chi connectivity index (χ1) is 13.2. The van der Waals surface area contributed by atoms with E-state index in [2.05, 4.69) is 0 Å². The average molecular weight is 405 g/mol. The van der Waals surface area contributed by atoms with E-state index in [1.54, 1.807) is 0 Å². The summed E-state index contributed by atoms with van der Waals surface area (Å²) in [6.07, 6.45) is 3.67. The number of benzene rings is 2. The normalized spacial score (nSPS) is 11.6. The zero-order valence-electron chi connectivity index (χ0n) is 15.1. The molecule has 148 valence electrons. The standard InChI is InChI=1S/C19H19NO7S/c1-26-17-11-13(3-6-15(17)21)5-8-19(23)20-28(24,25)10-9-14-4-7-16(22)18(12-14)27-2/h3-12,21-22H,1-2H3,(H,20,23)/b8-5+,10-9+. The molecule has 0 aliphatic heterocycles. The van der Waals surface area contributed by atoms with Crippen LogP contribution in [0, 0.1) is 0 Å². The van der Waals surface area contributed by atoms with Gasteiger partial charge in [-0.3, -0.25) is 4.79 Å². The molecule has 2 rings (SSSR count). The quantitative estimate of drug-likeness (QED) is 0.604. The van der Waals surface area contributed by atoms with E-state index in [0.29, 0.717) is 11.1 Å². The van der Waals surface area contributed by atoms with Gasteiger partial charge in [0.2, 0.25) is 0 Å². The van der Waals surface area contributed by atoms with Gasteiger partial charge in [-0.15, -0.1) is 0 Å². The van der Waals surface area contributed by atoms with Crippen molar-refractivity contribution in [2.75, 3.05) is 14.2 Å². The predicted molar refractivity (Wildman–Crippen MR) is 104 cm³/mol. The van der Waals surface area contributed by atoms with Crippen LogP contribution in [0.25, 0.3) is 12.2 Å². The van der Waals surface area contributed by atoms with Crippen molar-refractivity contribution in [3.8, 4) is 23.0 Å². The first-order valence-corrected chi connectivity index (χ1v) is 9.45. The van der Waals surface area contributed by atoms with Crippen molar-refractivity contribution >= 4 is 28.1 Å². The third kappa shape index (κ3) is 5.78. The number of hydrogen-bond acceptors (Lipinski definition) is 7. The Kier molecular flexibility index (Phi) is 6.67. The molecule has 0 saturated carbocycles. The number of methoxy groups -OCH3 is 2. The number of nitrogens with one attached hydrogen (secondary N) is 1. The molecule has 0 aromatic heterocycles. The summed E-state index contributed by atoms with van der Waals surface area (Å²) in [5.74, 6) is -0.562. The fraction of sp³-hybridized carbons (Fsp3) is 0.105. The third-order valence-corrected chi connectivity index (χ3v) is 4.50. The van der Waals surface area contributed by atoms with Gasteiger partial charge in [0.25, 0.3) is 15.9 Å². The first-order valence-electron chi connectivity index (χ1n) is 7.91. The Hall–Kier alpha value is -3.46. The van der Waals surface area contributed by atoms with Gasteiger partial charge in [0.05, 0.1) is 19.6 Å². The van der Waals surface area contributed by atoms with E-state index in [1.165, 1.54) is 62.8 Å². The van der Waals surface area contributed by atoms with E-state index in [4.69, 9.17) is 9.47 Å². The molecule has 0 spiro atoms. The molecule has 28 heavy (non-hydrogen) atoms. The molecule has 0 heterocycles. The highest BCUT2D eigenvalue weighted by Gasteiger charge is 2.09. The van der Waals surface area contributed by atoms with Gasteiger partial charge in [-0.05, 0) is 47.5 Å². The van der Waals surface area contributed by atoms with Crippen LogP contribution in [0.1, 0.15) is 11.1 Å². The maximum Gasteiger partial charge on any atom is 0.257 e. The summed E-state index contributed by atoms with van der Waals surface area (Å²) in [5, 5.41) is 19.9. The largest absolute Gasteiger partial charge is 0.504 e. The molecule has 9 heteroatoms. The summed E-state index contributed by atoms with van der Waals surface area (Å²) < 4.78 is 35.8. The SMILES string of the molecule is COc1cc(/C=C/C(=O)NS(=O)(=O)/C=C/c2ccc(O)c(OC)c2)ccc1O. The summed E-state index contributed by atoms with van der Waals surface area (Å²) in [4.78, 5) is 11.9. The van der Waals surface area contributed by atoms with Crippen molar-refractivity contribution in [2.24, 2.45) is 0 Å². The summed E-state index contributed by atoms with van der Waals surface area (Å²) in [6.45, 7) is 0. The summed E-state index contributed by atoms with van der Waals surface area (Å²) in [6, 6.07) is 8.71. The molecule has 1 amide bonds. The zero-order chi connectivity index (χ0) is 20.7. The van der Waals surface area contributed by atoms with Crippen molar-refractivity contribution in [2.45, 2.75) is 0 Å². The lowest BCUT2D eigenvalue weighted by Gasteiger charge is -2.04. The van der Waals surface area contributed by atoms with E-state index >= 15 is 0 Å². The van der Waals surface area contributed by atoms with Crippen LogP contribution in [-0.2, 0) is 14.8 Å². The van der Waals surface area contributed by atoms with Gasteiger partial charge < -0.3 is 19.7 Å². The molecule has 0 saturated heterocycles. The van der Waals surface area contributed by atoms with Crippen LogP contribution >= 0.6 is 0 Å². The number of ether oxygens (including phenoxy) is 2. The number of hydrogen-bond donors (Lipinski definition) is 3. The highest BCUT2D eigenvalue weighted by Crippen LogP contribution is 2.27. The topological polar surface area (TPSA) is 122 Å². The minimum absolute atomic E-state index is 0.0531. The van der Waals surface area contributed by atoms with Gasteiger partial charge in [-0.2, -0.15) is 0 Å². The molecule has 0 aliphatic rings. The minimum atomic E-state index is -4.03. The van der Waals surface area contributed by atoms with Crippen molar-refractivity contribution in [3.63, 3.8) is 0 Å². The van der Waals surface area contributed by atoms with Crippen LogP contribution in [0.15, 0.2) is 47.9 Å². The highest BCUT2D eigenvalue weighted by molar-refractivity contribution is 7.93. The number of carbonyl (C=O) groups excluding carboxylic acids is 1. The molecule has 0 aliphatic carbocycles. The van der Waals surface area contributed by atoms with Gasteiger partial charge in [0.15, 0.2) is 23.0 Å². The highest BCUT2D eigenvalue weighted by atomic mass is 32.2. The van der Waals surface area contributed by atoms with Crippen LogP contribution < -0.4 is 14.2 Å². The lowest BCUT2D eigenvalue weighted by molar-refractivity contribution is -0.114. The lowest BCUT2D eigenvalue weighted by Crippen LogP contribution is -2.26. The van der Waals surface area contributed by atoms with Crippen molar-refractivity contribution in [1.82, 2.24) is 4.72 Å². The van der Waals surface area contributed by atoms with Crippen molar-refractivity contribution < 1.29 is 32.9 Å². The molecule has 0 bridgehead atoms. The van der Waals surface area contributed by atoms with E-state index in [-0.39, 0.29) is 23.0 Å². The number of phenolic OH excluding ortho intramolecular Hbond substituents is 2. The lowest BCUT2D eigenvalue weighted by atomic mass is 10.2. The molecule has 0 fully saturated rings. The van der Waals surface area contributed by atoms with Gasteiger partial charge in [-0.25, -0.2) is 13.1 Å². The van der Waals surface area contributed by atoms with E-state index < -0.39 is 15.9 Å². The van der Waals surface area contributed by atoms with E-state index in [9.17, 15) is 23.4 Å². The smallest absolute Gasteiger partial charge is 0.257 e. The molecule has 3 N–H and O–H groups in total. The van der Waals surface area contributed by atoms with Crippen LogP contribution in [0.5, 0.6) is 23.0 Å². The predicted octanol–water partition coefficient (Wildman–Crippen LogP) is 2.25. The molecule has 0 radical (unpaired) electrons. The van der Waals surface area contributed by atoms with Crippen LogP contribution in [0.3, 0.4) is 0 Å². The van der Waals surface area contributed by atoms with Gasteiger partial charge in [0, 0.05) is 6.08 Å². The molecular weight excluding hydrogens is 386 g/mol. The van der Waals surface area contributed by atoms with Gasteiger partial charge in [-0.1, -0.05) is 12.1 Å². The maximum absolute atomic E-state index is 12.0. The monoisotopic (exact) mass is 405 g/mol. The second-order valence-electron chi connectivity index (χ2n) is 5.51. The Balaban J connectivity index is 2.06. The van der Waals surface area contributed by atoms with Gasteiger partial charge in [0.1, 0.15) is 0 Å². The minimum Gasteiger partial charge on any atom is -0.504 e. The summed E-state index contributed by atoms with van der Waals surface area (Å²) in [5.41, 5.74) is 0.994. The Labute approximate surface area is 162 Å². The second kappa shape index (κ2) is 8.96. The van der Waals surface area contributed by atoms with Crippen LogP contribution in [-0.4, -0.2) is 38.8 Å². The third-order valence-electron chi connectivity index (χ3n) is 3.52. The number of rotatable bonds is 7. The number of carbonyl (C=O) groups is 1. The molecule has 0 atom stereocenters. The second-order valence-corrected chi connectivity index (χ2v) is 7.08. The summed E-state index contributed by atoms with van der Waals surface area (Å²) >= 11 is 0. The number of phenols is 2. The van der Waals surface area contributed by atoms with E-state index in [0.717, 1.165) is 11.5 Å². The average Bonchev–Trinajstić information content (AvgIpc) is 2.66. The molecule has 8 nitrogen and oxygen atoms in total. The molecule has 2 aromatic carbocycles. The fourth-order valence-corrected chi connectivity index (χ4v) is 2.90. The number of amides is 1. The number of sulfonamides is 1. The van der Waals surface area contributed by atoms with Crippen molar-refractivity contribution in [3.05, 3.63) is 59.0 Å². The Bertz CT molecular complexity index is 1030.